The predicted octanol–water partition coefficient (Wildman–Crippen LogP) is 0.240. The van der Waals surface area contributed by atoms with Crippen LogP contribution in [0.25, 0.3) is 0 Å². The SMILES string of the molecule is C=CC(=O)c1ccnnn1. The summed E-state index contributed by atoms with van der Waals surface area (Å²) < 4.78 is 0. The zero-order valence-electron chi connectivity index (χ0n) is 5.19. The third-order valence-electron chi connectivity index (χ3n) is 0.941. The van der Waals surface area contributed by atoms with Crippen molar-refractivity contribution in [2.24, 2.45) is 0 Å². The van der Waals surface area contributed by atoms with Gasteiger partial charge < -0.3 is 0 Å². The van der Waals surface area contributed by atoms with Gasteiger partial charge >= 0.3 is 0 Å². The number of allylic oxidation sites excluding steroid dienone is 1. The van der Waals surface area contributed by atoms with Gasteiger partial charge in [0.1, 0.15) is 5.69 Å². The van der Waals surface area contributed by atoms with Crippen LogP contribution in [-0.2, 0) is 0 Å². The molecule has 1 rings (SSSR count). The summed E-state index contributed by atoms with van der Waals surface area (Å²) in [5.41, 5.74) is 0.269. The molecule has 0 aliphatic carbocycles. The van der Waals surface area contributed by atoms with Crippen molar-refractivity contribution in [2.45, 2.75) is 0 Å². The Balaban J connectivity index is 2.95. The largest absolute Gasteiger partial charge is 0.287 e. The average molecular weight is 135 g/mol. The first-order valence-corrected chi connectivity index (χ1v) is 2.65. The van der Waals surface area contributed by atoms with E-state index in [0.717, 1.165) is 0 Å². The third-order valence-corrected chi connectivity index (χ3v) is 0.941. The molecule has 0 aromatic carbocycles. The number of hydrogen-bond donors (Lipinski definition) is 0. The number of carbonyl (C=O) groups excluding carboxylic acids is 1. The van der Waals surface area contributed by atoms with E-state index in [-0.39, 0.29) is 11.5 Å². The number of carbonyl (C=O) groups is 1. The van der Waals surface area contributed by atoms with Gasteiger partial charge in [-0.15, -0.1) is 10.2 Å². The minimum Gasteiger partial charge on any atom is -0.287 e. The normalized spacial score (nSPS) is 8.80. The summed E-state index contributed by atoms with van der Waals surface area (Å²) in [7, 11) is 0. The molecule has 1 aromatic heterocycles. The van der Waals surface area contributed by atoms with Crippen molar-refractivity contribution < 1.29 is 4.79 Å². The highest BCUT2D eigenvalue weighted by Gasteiger charge is 1.99. The molecule has 10 heavy (non-hydrogen) atoms. The maximum Gasteiger partial charge on any atom is 0.205 e. The first-order valence-electron chi connectivity index (χ1n) is 2.65. The molecule has 0 atom stereocenters. The molecule has 1 heterocycles. The molecule has 0 amide bonds. The van der Waals surface area contributed by atoms with Gasteiger partial charge in [0, 0.05) is 0 Å². The fourth-order valence-electron chi connectivity index (χ4n) is 0.477. The van der Waals surface area contributed by atoms with E-state index in [0.29, 0.717) is 0 Å². The zero-order valence-corrected chi connectivity index (χ0v) is 5.19. The van der Waals surface area contributed by atoms with Gasteiger partial charge in [0.2, 0.25) is 5.78 Å². The second kappa shape index (κ2) is 2.82. The number of nitrogens with zero attached hydrogens (tertiary/aromatic N) is 3. The molecule has 50 valence electrons. The minimum atomic E-state index is -0.241. The van der Waals surface area contributed by atoms with Crippen LogP contribution in [0.2, 0.25) is 0 Å². The Labute approximate surface area is 57.6 Å². The number of hydrogen-bond acceptors (Lipinski definition) is 4. The predicted molar refractivity (Wildman–Crippen MR) is 34.4 cm³/mol. The lowest BCUT2D eigenvalue weighted by Gasteiger charge is -1.87. The van der Waals surface area contributed by atoms with Gasteiger partial charge in [-0.3, -0.25) is 4.79 Å². The molecular formula is C6H5N3O. The Morgan fingerprint density at radius 3 is 3.00 bits per heavy atom. The fraction of sp³-hybridized carbons (Fsp3) is 0. The Hall–Kier alpha value is -1.58. The van der Waals surface area contributed by atoms with E-state index >= 15 is 0 Å². The Bertz CT molecular complexity index is 244. The van der Waals surface area contributed by atoms with Crippen LogP contribution >= 0.6 is 0 Å². The van der Waals surface area contributed by atoms with Gasteiger partial charge in [0.25, 0.3) is 0 Å². The summed E-state index contributed by atoms with van der Waals surface area (Å²) in [5.74, 6) is -0.241. The van der Waals surface area contributed by atoms with Crippen molar-refractivity contribution in [3.63, 3.8) is 0 Å². The van der Waals surface area contributed by atoms with Crippen LogP contribution in [0.15, 0.2) is 24.9 Å². The van der Waals surface area contributed by atoms with Crippen LogP contribution in [0.4, 0.5) is 0 Å². The van der Waals surface area contributed by atoms with Crippen LogP contribution in [-0.4, -0.2) is 21.2 Å². The van der Waals surface area contributed by atoms with Crippen LogP contribution < -0.4 is 0 Å². The first-order chi connectivity index (χ1) is 4.84. The molecule has 0 N–H and O–H groups in total. The van der Waals surface area contributed by atoms with E-state index in [1.54, 1.807) is 0 Å². The monoisotopic (exact) mass is 135 g/mol. The summed E-state index contributed by atoms with van der Waals surface area (Å²) in [6, 6.07) is 1.48. The van der Waals surface area contributed by atoms with Crippen molar-refractivity contribution in [3.8, 4) is 0 Å². The maximum absolute atomic E-state index is 10.8. The van der Waals surface area contributed by atoms with E-state index in [1.807, 2.05) is 0 Å². The van der Waals surface area contributed by atoms with Crippen molar-refractivity contribution in [2.75, 3.05) is 0 Å². The molecule has 0 aliphatic heterocycles. The third kappa shape index (κ3) is 1.22. The Kier molecular flexibility index (Phi) is 1.84. The Morgan fingerprint density at radius 2 is 2.50 bits per heavy atom. The van der Waals surface area contributed by atoms with Gasteiger partial charge in [-0.1, -0.05) is 6.58 Å². The number of ketones is 1. The van der Waals surface area contributed by atoms with Crippen molar-refractivity contribution >= 4 is 5.78 Å². The van der Waals surface area contributed by atoms with E-state index < -0.39 is 0 Å². The second-order valence-corrected chi connectivity index (χ2v) is 1.57. The molecule has 0 saturated heterocycles. The molecule has 0 fully saturated rings. The molecule has 4 nitrogen and oxygen atoms in total. The zero-order chi connectivity index (χ0) is 7.40. The standard InChI is InChI=1S/C6H5N3O/c1-2-6(10)5-3-4-7-9-8-5/h2-4H,1H2. The van der Waals surface area contributed by atoms with Crippen LogP contribution in [0, 0.1) is 0 Å². The summed E-state index contributed by atoms with van der Waals surface area (Å²) in [6.07, 6.45) is 2.59. The lowest BCUT2D eigenvalue weighted by atomic mass is 10.3. The summed E-state index contributed by atoms with van der Waals surface area (Å²) in [6.45, 7) is 3.30. The molecule has 0 radical (unpaired) electrons. The van der Waals surface area contributed by atoms with Gasteiger partial charge in [-0.2, -0.15) is 0 Å². The van der Waals surface area contributed by atoms with Crippen molar-refractivity contribution in [3.05, 3.63) is 30.6 Å². The molecule has 0 spiro atoms. The van der Waals surface area contributed by atoms with Gasteiger partial charge in [-0.25, -0.2) is 0 Å². The van der Waals surface area contributed by atoms with Crippen LogP contribution in [0.3, 0.4) is 0 Å². The average Bonchev–Trinajstić information content (AvgIpc) is 2.05. The smallest absolute Gasteiger partial charge is 0.205 e. The highest BCUT2D eigenvalue weighted by molar-refractivity contribution is 6.02. The molecule has 0 saturated carbocycles. The molecule has 4 heteroatoms. The van der Waals surface area contributed by atoms with Crippen LogP contribution in [0.1, 0.15) is 10.5 Å². The van der Waals surface area contributed by atoms with Gasteiger partial charge in [-0.05, 0) is 17.4 Å². The number of aromatic nitrogens is 3. The summed E-state index contributed by atoms with van der Waals surface area (Å²) >= 11 is 0. The minimum absolute atomic E-state index is 0.241. The quantitative estimate of drug-likeness (QED) is 0.430. The van der Waals surface area contributed by atoms with E-state index in [9.17, 15) is 4.79 Å². The lowest BCUT2D eigenvalue weighted by molar-refractivity contribution is 0.104. The molecule has 0 bridgehead atoms. The number of rotatable bonds is 2. The fourth-order valence-corrected chi connectivity index (χ4v) is 0.477. The lowest BCUT2D eigenvalue weighted by Crippen LogP contribution is -1.99. The highest BCUT2D eigenvalue weighted by atomic mass is 16.1. The van der Waals surface area contributed by atoms with E-state index in [2.05, 4.69) is 22.0 Å². The van der Waals surface area contributed by atoms with Crippen molar-refractivity contribution in [1.82, 2.24) is 15.4 Å². The van der Waals surface area contributed by atoms with Gasteiger partial charge in [0.05, 0.1) is 6.20 Å². The summed E-state index contributed by atoms with van der Waals surface area (Å²) in [5, 5.41) is 10.2. The van der Waals surface area contributed by atoms with Crippen molar-refractivity contribution in [1.29, 1.82) is 0 Å². The van der Waals surface area contributed by atoms with E-state index in [4.69, 9.17) is 0 Å². The molecule has 1 aromatic rings. The first kappa shape index (κ1) is 6.54. The Morgan fingerprint density at radius 1 is 1.70 bits per heavy atom. The molecular weight excluding hydrogens is 130 g/mol. The van der Waals surface area contributed by atoms with Crippen LogP contribution in [0.5, 0.6) is 0 Å². The maximum atomic E-state index is 10.8. The topological polar surface area (TPSA) is 55.7 Å². The molecule has 0 unspecified atom stereocenters. The summed E-state index contributed by atoms with van der Waals surface area (Å²) in [4.78, 5) is 10.8. The van der Waals surface area contributed by atoms with Gasteiger partial charge in [0.15, 0.2) is 0 Å². The highest BCUT2D eigenvalue weighted by Crippen LogP contribution is 1.90. The molecule has 0 aliphatic rings. The van der Waals surface area contributed by atoms with E-state index in [1.165, 1.54) is 18.3 Å². The second-order valence-electron chi connectivity index (χ2n) is 1.57.